The molecular formula is C14H30N2O2. The van der Waals surface area contributed by atoms with Gasteiger partial charge >= 0.3 is 0 Å². The molecule has 1 saturated heterocycles. The van der Waals surface area contributed by atoms with Crippen molar-refractivity contribution in [1.82, 2.24) is 4.90 Å². The largest absolute Gasteiger partial charge is 0.361 e. The maximum absolute atomic E-state index is 6.14. The summed E-state index contributed by atoms with van der Waals surface area (Å²) in [4.78, 5) is 2.37. The van der Waals surface area contributed by atoms with Crippen LogP contribution in [0.3, 0.4) is 0 Å². The van der Waals surface area contributed by atoms with Gasteiger partial charge in [0.05, 0.1) is 13.2 Å². The number of likely N-dealkylation sites (tertiary alicyclic amines) is 1. The summed E-state index contributed by atoms with van der Waals surface area (Å²) >= 11 is 0. The first-order valence-corrected chi connectivity index (χ1v) is 7.02. The molecule has 0 aromatic rings. The molecule has 0 amide bonds. The van der Waals surface area contributed by atoms with E-state index in [1.54, 1.807) is 0 Å². The highest BCUT2D eigenvalue weighted by molar-refractivity contribution is 4.82. The predicted molar refractivity (Wildman–Crippen MR) is 74.2 cm³/mol. The molecule has 1 rings (SSSR count). The molecule has 2 N–H and O–H groups in total. The highest BCUT2D eigenvalue weighted by Gasteiger charge is 2.34. The van der Waals surface area contributed by atoms with E-state index in [1.807, 2.05) is 6.92 Å². The van der Waals surface area contributed by atoms with Crippen molar-refractivity contribution in [2.24, 2.45) is 11.1 Å². The Hall–Kier alpha value is -0.160. The van der Waals surface area contributed by atoms with Crippen molar-refractivity contribution >= 4 is 0 Å². The zero-order valence-electron chi connectivity index (χ0n) is 12.7. The van der Waals surface area contributed by atoms with Gasteiger partial charge in [-0.3, -0.25) is 4.90 Å². The summed E-state index contributed by atoms with van der Waals surface area (Å²) in [5, 5.41) is 0. The second-order valence-corrected chi connectivity index (χ2v) is 6.42. The zero-order chi connectivity index (χ0) is 13.8. The molecule has 2 atom stereocenters. The van der Waals surface area contributed by atoms with Gasteiger partial charge in [-0.25, -0.2) is 0 Å². The second-order valence-electron chi connectivity index (χ2n) is 6.42. The molecule has 0 radical (unpaired) electrons. The van der Waals surface area contributed by atoms with E-state index in [0.717, 1.165) is 13.1 Å². The Balaban J connectivity index is 2.18. The highest BCUT2D eigenvalue weighted by Crippen LogP contribution is 2.28. The topological polar surface area (TPSA) is 47.7 Å². The number of rotatable bonds is 6. The molecule has 0 spiro atoms. The molecule has 0 aliphatic carbocycles. The molecule has 1 aliphatic rings. The summed E-state index contributed by atoms with van der Waals surface area (Å²) in [6.45, 7) is 13.7. The van der Waals surface area contributed by atoms with Gasteiger partial charge in [0, 0.05) is 18.5 Å². The average molecular weight is 258 g/mol. The number of nitrogens with zero attached hydrogens (tertiary/aromatic N) is 1. The van der Waals surface area contributed by atoms with Gasteiger partial charge in [0.25, 0.3) is 0 Å². The van der Waals surface area contributed by atoms with Crippen LogP contribution in [0.4, 0.5) is 0 Å². The third kappa shape index (κ3) is 4.50. The van der Waals surface area contributed by atoms with Crippen molar-refractivity contribution in [3.63, 3.8) is 0 Å². The lowest BCUT2D eigenvalue weighted by Crippen LogP contribution is -2.51. The van der Waals surface area contributed by atoms with Gasteiger partial charge in [-0.15, -0.1) is 0 Å². The van der Waals surface area contributed by atoms with Gasteiger partial charge in [-0.2, -0.15) is 0 Å². The van der Waals surface area contributed by atoms with Gasteiger partial charge in [0.15, 0.2) is 0 Å². The quantitative estimate of drug-likeness (QED) is 0.586. The fourth-order valence-electron chi connectivity index (χ4n) is 1.90. The van der Waals surface area contributed by atoms with E-state index in [9.17, 15) is 0 Å². The highest BCUT2D eigenvalue weighted by atomic mass is 16.6. The maximum Gasteiger partial charge on any atom is 0.118 e. The molecule has 1 heterocycles. The van der Waals surface area contributed by atoms with Gasteiger partial charge in [-0.05, 0) is 26.7 Å². The molecule has 0 bridgehead atoms. The van der Waals surface area contributed by atoms with Crippen molar-refractivity contribution < 1.29 is 9.47 Å². The van der Waals surface area contributed by atoms with Crippen LogP contribution in [0.25, 0.3) is 0 Å². The van der Waals surface area contributed by atoms with E-state index in [2.05, 4.69) is 32.6 Å². The first kappa shape index (κ1) is 15.9. The lowest BCUT2D eigenvalue weighted by atomic mass is 9.85. The number of hydrogen-bond donors (Lipinski definition) is 1. The van der Waals surface area contributed by atoms with Crippen LogP contribution in [0.15, 0.2) is 0 Å². The molecule has 4 nitrogen and oxygen atoms in total. The van der Waals surface area contributed by atoms with E-state index in [1.165, 1.54) is 12.8 Å². The summed E-state index contributed by atoms with van der Waals surface area (Å²) in [5.74, 6) is 0. The Morgan fingerprint density at radius 3 is 2.17 bits per heavy atom. The van der Waals surface area contributed by atoms with Gasteiger partial charge in [-0.1, -0.05) is 20.8 Å². The Morgan fingerprint density at radius 2 is 1.67 bits per heavy atom. The van der Waals surface area contributed by atoms with Gasteiger partial charge in [0.2, 0.25) is 0 Å². The van der Waals surface area contributed by atoms with Crippen molar-refractivity contribution in [2.45, 2.75) is 59.4 Å². The monoisotopic (exact) mass is 258 g/mol. The first-order chi connectivity index (χ1) is 8.24. The normalized spacial score (nSPS) is 23.0. The lowest BCUT2D eigenvalue weighted by Gasteiger charge is -2.38. The van der Waals surface area contributed by atoms with Crippen molar-refractivity contribution in [3.8, 4) is 0 Å². The predicted octanol–water partition coefficient (Wildman–Crippen LogP) is 2.18. The Bertz CT molecular complexity index is 243. The molecule has 1 aliphatic heterocycles. The lowest BCUT2D eigenvalue weighted by molar-refractivity contribution is -0.129. The summed E-state index contributed by atoms with van der Waals surface area (Å²) in [5.41, 5.74) is 5.45. The third-order valence-electron chi connectivity index (χ3n) is 3.99. The van der Waals surface area contributed by atoms with Crippen LogP contribution in [-0.4, -0.2) is 43.2 Å². The molecule has 2 unspecified atom stereocenters. The Labute approximate surface area is 112 Å². The van der Waals surface area contributed by atoms with Crippen molar-refractivity contribution in [2.75, 3.05) is 26.3 Å². The van der Waals surface area contributed by atoms with Crippen LogP contribution in [0, 0.1) is 5.41 Å². The van der Waals surface area contributed by atoms with Crippen LogP contribution in [-0.2, 0) is 9.47 Å². The minimum absolute atomic E-state index is 0.0758. The Morgan fingerprint density at radius 1 is 1.11 bits per heavy atom. The number of hydrogen-bond acceptors (Lipinski definition) is 4. The molecule has 0 aromatic carbocycles. The van der Waals surface area contributed by atoms with E-state index >= 15 is 0 Å². The van der Waals surface area contributed by atoms with Crippen LogP contribution in [0.5, 0.6) is 0 Å². The van der Waals surface area contributed by atoms with Crippen molar-refractivity contribution in [3.05, 3.63) is 0 Å². The summed E-state index contributed by atoms with van der Waals surface area (Å²) in [6.07, 6.45) is 2.76. The fraction of sp³-hybridized carbons (Fsp3) is 1.00. The van der Waals surface area contributed by atoms with E-state index in [0.29, 0.717) is 13.2 Å². The molecule has 0 aromatic heterocycles. The SMILES string of the molecule is CC(OCCOC(C)(N)C(C)(C)C)N1CCCC1. The smallest absolute Gasteiger partial charge is 0.118 e. The average Bonchev–Trinajstić information content (AvgIpc) is 2.75. The van der Waals surface area contributed by atoms with Crippen LogP contribution in [0.1, 0.15) is 47.5 Å². The van der Waals surface area contributed by atoms with Gasteiger partial charge in [0.1, 0.15) is 12.0 Å². The molecule has 4 heteroatoms. The van der Waals surface area contributed by atoms with E-state index < -0.39 is 5.72 Å². The summed E-state index contributed by atoms with van der Waals surface area (Å²) < 4.78 is 11.5. The number of nitrogens with two attached hydrogens (primary N) is 1. The molecule has 1 fully saturated rings. The minimum Gasteiger partial charge on any atom is -0.361 e. The minimum atomic E-state index is -0.618. The molecule has 0 saturated carbocycles. The summed E-state index contributed by atoms with van der Waals surface area (Å²) in [6, 6.07) is 0. The maximum atomic E-state index is 6.14. The molecule has 18 heavy (non-hydrogen) atoms. The van der Waals surface area contributed by atoms with Crippen LogP contribution in [0.2, 0.25) is 0 Å². The van der Waals surface area contributed by atoms with E-state index in [4.69, 9.17) is 15.2 Å². The van der Waals surface area contributed by atoms with Crippen LogP contribution >= 0.6 is 0 Å². The van der Waals surface area contributed by atoms with Gasteiger partial charge < -0.3 is 15.2 Å². The molecule has 108 valence electrons. The fourth-order valence-corrected chi connectivity index (χ4v) is 1.90. The summed E-state index contributed by atoms with van der Waals surface area (Å²) in [7, 11) is 0. The van der Waals surface area contributed by atoms with E-state index in [-0.39, 0.29) is 11.6 Å². The number of ether oxygens (including phenoxy) is 2. The Kier molecular flexibility index (Phi) is 5.59. The van der Waals surface area contributed by atoms with Crippen LogP contribution < -0.4 is 5.73 Å². The second kappa shape index (κ2) is 6.33. The first-order valence-electron chi connectivity index (χ1n) is 7.02. The zero-order valence-corrected chi connectivity index (χ0v) is 12.7. The standard InChI is InChI=1S/C14H30N2O2/c1-12(16-8-6-7-9-16)17-10-11-18-14(5,15)13(2,3)4/h12H,6-11,15H2,1-5H3. The molecular weight excluding hydrogens is 228 g/mol. The third-order valence-corrected chi connectivity index (χ3v) is 3.99. The van der Waals surface area contributed by atoms with Crippen molar-refractivity contribution in [1.29, 1.82) is 0 Å².